The van der Waals surface area contributed by atoms with Crippen LogP contribution >= 0.6 is 0 Å². The summed E-state index contributed by atoms with van der Waals surface area (Å²) in [5, 5.41) is 17.1. The van der Waals surface area contributed by atoms with Gasteiger partial charge in [0.05, 0.1) is 0 Å². The van der Waals surface area contributed by atoms with Crippen molar-refractivity contribution >= 4 is 7.32 Å². The molecule has 0 aliphatic carbocycles. The van der Waals surface area contributed by atoms with Crippen molar-refractivity contribution in [1.29, 1.82) is 0 Å². The predicted octanol–water partition coefficient (Wildman–Crippen LogP) is -1.55. The van der Waals surface area contributed by atoms with Gasteiger partial charge < -0.3 is 16.1 Å². The van der Waals surface area contributed by atoms with Crippen LogP contribution in [0.4, 0.5) is 0 Å². The van der Waals surface area contributed by atoms with Crippen LogP contribution in [0.25, 0.3) is 0 Å². The molecule has 0 unspecified atom stereocenters. The van der Waals surface area contributed by atoms with E-state index >= 15 is 0 Å². The molecule has 0 saturated heterocycles. The van der Waals surface area contributed by atoms with Crippen LogP contribution in [0.15, 0.2) is 24.3 Å². The third-order valence-electron chi connectivity index (χ3n) is 1.96. The molecule has 2 N–H and O–H groups in total. The number of hydrogen-bond donors (Lipinski definition) is 2. The molecule has 0 saturated carbocycles. The second kappa shape index (κ2) is 6.39. The zero-order valence-electron chi connectivity index (χ0n) is 10.7. The van der Waals surface area contributed by atoms with Gasteiger partial charge in [0, 0.05) is 0 Å². The van der Waals surface area contributed by atoms with Crippen LogP contribution in [0, 0.1) is 0 Å². The van der Waals surface area contributed by atoms with Gasteiger partial charge in [-0.25, -0.2) is 0 Å². The number of rotatable bonds is 2. The Labute approximate surface area is 135 Å². The van der Waals surface area contributed by atoms with Gasteiger partial charge >= 0.3 is 58.7 Å². The molecule has 0 aromatic heterocycles. The Morgan fingerprint density at radius 1 is 1.13 bits per heavy atom. The normalized spacial score (nSPS) is 10.5. The Morgan fingerprint density at radius 2 is 1.60 bits per heavy atom. The van der Waals surface area contributed by atoms with E-state index in [9.17, 15) is 0 Å². The first-order chi connectivity index (χ1) is 6.39. The van der Waals surface area contributed by atoms with Crippen molar-refractivity contribution in [3.05, 3.63) is 29.8 Å². The van der Waals surface area contributed by atoms with Gasteiger partial charge in [0.2, 0.25) is 0 Å². The van der Waals surface area contributed by atoms with Crippen molar-refractivity contribution in [3.8, 4) is 5.75 Å². The fraction of sp³-hybridized carbons (Fsp3) is 0.400. The molecule has 0 heterocycles. The fourth-order valence-corrected chi connectivity index (χ4v) is 1.16. The van der Waals surface area contributed by atoms with Crippen molar-refractivity contribution in [2.75, 3.05) is 0 Å². The maximum atomic E-state index is 8.57. The Hall–Kier alpha value is 0.641. The molecule has 15 heavy (non-hydrogen) atoms. The van der Waals surface area contributed by atoms with E-state index in [1.54, 1.807) is 12.1 Å². The molecule has 0 atom stereocenters. The largest absolute Gasteiger partial charge is 1.00 e. The third kappa shape index (κ3) is 5.49. The van der Waals surface area contributed by atoms with Gasteiger partial charge in [-0.05, 0) is 23.1 Å². The number of hydrogen-bond acceptors (Lipinski definition) is 3. The van der Waals surface area contributed by atoms with Gasteiger partial charge in [-0.1, -0.05) is 32.9 Å². The summed E-state index contributed by atoms with van der Waals surface area (Å²) in [6.45, 7) is 6.34. The Bertz CT molecular complexity index is 298. The first-order valence-electron chi connectivity index (χ1n) is 4.53. The quantitative estimate of drug-likeness (QED) is 0.609. The zero-order chi connectivity index (χ0) is 10.8. The molecule has 1 rings (SSSR count). The van der Waals surface area contributed by atoms with Crippen LogP contribution in [0.3, 0.4) is 0 Å². The monoisotopic (exact) mass is 234 g/mol. The Morgan fingerprint density at radius 3 is 1.93 bits per heavy atom. The molecule has 0 spiro atoms. The van der Waals surface area contributed by atoms with Crippen molar-refractivity contribution in [3.63, 3.8) is 0 Å². The van der Waals surface area contributed by atoms with Gasteiger partial charge in [0.15, 0.2) is 0 Å². The van der Waals surface area contributed by atoms with Crippen LogP contribution in [0.5, 0.6) is 5.75 Å². The Balaban J connectivity index is 0. The van der Waals surface area contributed by atoms with E-state index < -0.39 is 7.32 Å². The fourth-order valence-electron chi connectivity index (χ4n) is 1.16. The molecule has 0 fully saturated rings. The average molecular weight is 234 g/mol. The topological polar surface area (TPSA) is 49.7 Å². The first kappa shape index (κ1) is 15.6. The molecule has 3 nitrogen and oxygen atoms in total. The summed E-state index contributed by atoms with van der Waals surface area (Å²) >= 11 is 0. The second-order valence-corrected chi connectivity index (χ2v) is 4.22. The molecular weight excluding hydrogens is 218 g/mol. The van der Waals surface area contributed by atoms with E-state index in [2.05, 4.69) is 20.8 Å². The van der Waals surface area contributed by atoms with Crippen LogP contribution in [-0.2, 0) is 5.41 Å². The van der Waals surface area contributed by atoms with Gasteiger partial charge in [-0.2, -0.15) is 0 Å². The molecule has 1 aromatic carbocycles. The first-order valence-corrected chi connectivity index (χ1v) is 4.53. The molecule has 0 bridgehead atoms. The summed E-state index contributed by atoms with van der Waals surface area (Å²) in [4.78, 5) is 0. The standard InChI is InChI=1S/C10H15BO3.K.H/c1-10(2,3)8-4-6-9(7-5-8)14-11(12)13;;/h4-7,12-13H,1-3H3;;/q;+1;-1. The SMILES string of the molecule is CC(C)(C)c1ccc(OB(O)O)cc1.[H-].[K+]. The van der Waals surface area contributed by atoms with Crippen molar-refractivity contribution in [1.82, 2.24) is 0 Å². The second-order valence-electron chi connectivity index (χ2n) is 4.22. The average Bonchev–Trinajstić information content (AvgIpc) is 2.02. The molecule has 5 heteroatoms. The molecule has 1 aromatic rings. The summed E-state index contributed by atoms with van der Waals surface area (Å²) in [6.07, 6.45) is 0. The van der Waals surface area contributed by atoms with Gasteiger partial charge in [-0.15, -0.1) is 0 Å². The molecule has 0 aliphatic rings. The summed E-state index contributed by atoms with van der Waals surface area (Å²) in [6, 6.07) is 7.27. The summed E-state index contributed by atoms with van der Waals surface area (Å²) in [7, 11) is -1.75. The van der Waals surface area contributed by atoms with Crippen LogP contribution < -0.4 is 56.0 Å². The number of benzene rings is 1. The van der Waals surface area contributed by atoms with Crippen LogP contribution in [0.1, 0.15) is 27.8 Å². The molecule has 78 valence electrons. The third-order valence-corrected chi connectivity index (χ3v) is 1.96. The Kier molecular flexibility index (Phi) is 6.67. The maximum Gasteiger partial charge on any atom is 1.00 e. The van der Waals surface area contributed by atoms with E-state index in [4.69, 9.17) is 14.7 Å². The smallest absolute Gasteiger partial charge is 1.00 e. The van der Waals surface area contributed by atoms with Crippen molar-refractivity contribution < 1.29 is 67.5 Å². The van der Waals surface area contributed by atoms with E-state index in [1.165, 1.54) is 5.56 Å². The minimum Gasteiger partial charge on any atom is -1.00 e. The minimum absolute atomic E-state index is 0. The molecular formula is C10H16BKO3. The van der Waals surface area contributed by atoms with Crippen LogP contribution in [-0.4, -0.2) is 17.4 Å². The summed E-state index contributed by atoms with van der Waals surface area (Å²) in [5.41, 5.74) is 1.27. The summed E-state index contributed by atoms with van der Waals surface area (Å²) in [5.74, 6) is 0.452. The van der Waals surface area contributed by atoms with E-state index in [-0.39, 0.29) is 58.2 Å². The molecule has 0 amide bonds. The van der Waals surface area contributed by atoms with Crippen LogP contribution in [0.2, 0.25) is 0 Å². The summed E-state index contributed by atoms with van der Waals surface area (Å²) < 4.78 is 4.69. The van der Waals surface area contributed by atoms with Crippen molar-refractivity contribution in [2.45, 2.75) is 26.2 Å². The van der Waals surface area contributed by atoms with Gasteiger partial charge in [0.25, 0.3) is 0 Å². The van der Waals surface area contributed by atoms with E-state index in [0.717, 1.165) is 0 Å². The van der Waals surface area contributed by atoms with Crippen molar-refractivity contribution in [2.24, 2.45) is 0 Å². The van der Waals surface area contributed by atoms with E-state index in [0.29, 0.717) is 5.75 Å². The zero-order valence-corrected chi connectivity index (χ0v) is 12.8. The van der Waals surface area contributed by atoms with Gasteiger partial charge in [0.1, 0.15) is 5.75 Å². The molecule has 0 aliphatic heterocycles. The molecule has 0 radical (unpaired) electrons. The maximum absolute atomic E-state index is 8.57. The van der Waals surface area contributed by atoms with E-state index in [1.807, 2.05) is 12.1 Å². The predicted molar refractivity (Wildman–Crippen MR) is 57.1 cm³/mol. The minimum atomic E-state index is -1.75. The van der Waals surface area contributed by atoms with Gasteiger partial charge in [-0.3, -0.25) is 0 Å².